The van der Waals surface area contributed by atoms with Gasteiger partial charge in [0.25, 0.3) is 5.91 Å². The zero-order valence-electron chi connectivity index (χ0n) is 14.8. The van der Waals surface area contributed by atoms with E-state index in [1.165, 1.54) is 13.3 Å². The molecule has 0 bridgehead atoms. The zero-order valence-corrected chi connectivity index (χ0v) is 14.8. The summed E-state index contributed by atoms with van der Waals surface area (Å²) in [6.07, 6.45) is 2.94. The molecule has 0 saturated carbocycles. The normalized spacial score (nSPS) is 11.8. The molecule has 0 spiro atoms. The van der Waals surface area contributed by atoms with Gasteiger partial charge in [-0.3, -0.25) is 4.79 Å². The lowest BCUT2D eigenvalue weighted by Crippen LogP contribution is -2.33. The van der Waals surface area contributed by atoms with Gasteiger partial charge in [0, 0.05) is 5.56 Å². The van der Waals surface area contributed by atoms with Crippen LogP contribution in [-0.2, 0) is 11.2 Å². The number of nitrogens with zero attached hydrogens (tertiary/aromatic N) is 1. The van der Waals surface area contributed by atoms with Crippen LogP contribution >= 0.6 is 0 Å². The molecule has 6 heteroatoms. The second-order valence-corrected chi connectivity index (χ2v) is 5.53. The summed E-state index contributed by atoms with van der Waals surface area (Å²) in [7, 11) is 1.47. The fourth-order valence-electron chi connectivity index (χ4n) is 2.25. The first-order valence-electron chi connectivity index (χ1n) is 8.10. The summed E-state index contributed by atoms with van der Waals surface area (Å²) in [5.41, 5.74) is 3.77. The highest BCUT2D eigenvalue weighted by molar-refractivity contribution is 5.85. The number of ether oxygens (including phenoxy) is 2. The predicted molar refractivity (Wildman–Crippen MR) is 101 cm³/mol. The van der Waals surface area contributed by atoms with Crippen molar-refractivity contribution in [2.45, 2.75) is 19.4 Å². The van der Waals surface area contributed by atoms with Gasteiger partial charge in [0.05, 0.1) is 13.3 Å². The van der Waals surface area contributed by atoms with Crippen LogP contribution in [0, 0.1) is 0 Å². The summed E-state index contributed by atoms with van der Waals surface area (Å²) in [5.74, 6) is 0.634. The number of benzene rings is 2. The van der Waals surface area contributed by atoms with Gasteiger partial charge in [-0.25, -0.2) is 5.43 Å². The van der Waals surface area contributed by atoms with Gasteiger partial charge in [-0.1, -0.05) is 24.3 Å². The molecule has 2 aromatic rings. The van der Waals surface area contributed by atoms with Gasteiger partial charge >= 0.3 is 0 Å². The Morgan fingerprint density at radius 2 is 2.08 bits per heavy atom. The van der Waals surface area contributed by atoms with E-state index in [1.807, 2.05) is 18.2 Å². The quantitative estimate of drug-likeness (QED) is 0.434. The van der Waals surface area contributed by atoms with Gasteiger partial charge in [-0.15, -0.1) is 6.58 Å². The van der Waals surface area contributed by atoms with E-state index in [0.717, 1.165) is 0 Å². The number of carbonyl (C=O) groups is 1. The number of para-hydroxylation sites is 1. The van der Waals surface area contributed by atoms with Gasteiger partial charge in [0.1, 0.15) is 5.75 Å². The number of aromatic hydroxyl groups is 1. The first-order chi connectivity index (χ1) is 12.5. The lowest BCUT2D eigenvalue weighted by molar-refractivity contribution is -0.127. The van der Waals surface area contributed by atoms with Crippen LogP contribution in [0.1, 0.15) is 18.1 Å². The van der Waals surface area contributed by atoms with Crippen molar-refractivity contribution in [2.75, 3.05) is 7.11 Å². The van der Waals surface area contributed by atoms with E-state index >= 15 is 0 Å². The Morgan fingerprint density at radius 3 is 2.73 bits per heavy atom. The molecule has 1 unspecified atom stereocenters. The van der Waals surface area contributed by atoms with E-state index < -0.39 is 6.10 Å². The standard InChI is InChI=1S/C20H22N2O4/c1-4-8-16-11-15(12-18(25-3)19(16)23)13-21-22-20(24)14(2)26-17-9-6-5-7-10-17/h4-7,9-14,23H,1,8H2,2-3H3,(H,22,24)/b21-13-. The first-order valence-corrected chi connectivity index (χ1v) is 8.10. The van der Waals surface area contributed by atoms with Crippen LogP contribution in [0.2, 0.25) is 0 Å². The minimum absolute atomic E-state index is 0.0680. The molecule has 0 aliphatic carbocycles. The second kappa shape index (κ2) is 9.27. The van der Waals surface area contributed by atoms with Gasteiger partial charge < -0.3 is 14.6 Å². The average Bonchev–Trinajstić information content (AvgIpc) is 2.65. The van der Waals surface area contributed by atoms with Crippen molar-refractivity contribution < 1.29 is 19.4 Å². The molecular weight excluding hydrogens is 332 g/mol. The highest BCUT2D eigenvalue weighted by Gasteiger charge is 2.14. The number of rotatable bonds is 8. The highest BCUT2D eigenvalue weighted by Crippen LogP contribution is 2.31. The monoisotopic (exact) mass is 354 g/mol. The Bertz CT molecular complexity index is 788. The van der Waals surface area contributed by atoms with Crippen LogP contribution < -0.4 is 14.9 Å². The Hall–Kier alpha value is -3.28. The number of allylic oxidation sites excluding steroid dienone is 1. The van der Waals surface area contributed by atoms with Crippen LogP contribution in [0.3, 0.4) is 0 Å². The van der Waals surface area contributed by atoms with Crippen LogP contribution in [0.25, 0.3) is 0 Å². The third kappa shape index (κ3) is 5.11. The molecule has 1 amide bonds. The molecule has 1 atom stereocenters. The topological polar surface area (TPSA) is 80.2 Å². The summed E-state index contributed by atoms with van der Waals surface area (Å²) in [5, 5.41) is 14.0. The van der Waals surface area contributed by atoms with Crippen LogP contribution in [0.4, 0.5) is 0 Å². The number of carbonyl (C=O) groups excluding carboxylic acids is 1. The summed E-state index contributed by atoms with van der Waals surface area (Å²) < 4.78 is 10.7. The molecule has 0 radical (unpaired) electrons. The number of hydrogen-bond acceptors (Lipinski definition) is 5. The van der Waals surface area contributed by atoms with Gasteiger partial charge in [0.15, 0.2) is 17.6 Å². The minimum Gasteiger partial charge on any atom is -0.504 e. The number of hydrogen-bond donors (Lipinski definition) is 2. The van der Waals surface area contributed by atoms with Crippen LogP contribution in [-0.4, -0.2) is 30.4 Å². The SMILES string of the molecule is C=CCc1cc(/C=N\NC(=O)C(C)Oc2ccccc2)cc(OC)c1O. The second-order valence-electron chi connectivity index (χ2n) is 5.53. The van der Waals surface area contributed by atoms with Crippen molar-refractivity contribution >= 4 is 12.1 Å². The Morgan fingerprint density at radius 1 is 1.35 bits per heavy atom. The molecule has 0 aliphatic heterocycles. The molecule has 2 aromatic carbocycles. The molecule has 0 heterocycles. The van der Waals surface area contributed by atoms with E-state index in [1.54, 1.807) is 37.3 Å². The van der Waals surface area contributed by atoms with Gasteiger partial charge in [0.2, 0.25) is 0 Å². The van der Waals surface area contributed by atoms with E-state index in [4.69, 9.17) is 9.47 Å². The van der Waals surface area contributed by atoms with Crippen molar-refractivity contribution in [1.82, 2.24) is 5.43 Å². The Labute approximate surface area is 152 Å². The molecule has 6 nitrogen and oxygen atoms in total. The highest BCUT2D eigenvalue weighted by atomic mass is 16.5. The van der Waals surface area contributed by atoms with E-state index in [2.05, 4.69) is 17.1 Å². The number of methoxy groups -OCH3 is 1. The molecular formula is C20H22N2O4. The molecule has 0 fully saturated rings. The smallest absolute Gasteiger partial charge is 0.280 e. The Balaban J connectivity index is 2.01. The molecule has 26 heavy (non-hydrogen) atoms. The third-order valence-electron chi connectivity index (χ3n) is 3.57. The number of phenolic OH excluding ortho intramolecular Hbond substituents is 1. The number of nitrogens with one attached hydrogen (secondary N) is 1. The van der Waals surface area contributed by atoms with E-state index in [0.29, 0.717) is 29.0 Å². The van der Waals surface area contributed by atoms with E-state index in [9.17, 15) is 9.90 Å². The minimum atomic E-state index is -0.694. The fraction of sp³-hybridized carbons (Fsp3) is 0.200. The maximum absolute atomic E-state index is 12.1. The lowest BCUT2D eigenvalue weighted by Gasteiger charge is -2.12. The van der Waals surface area contributed by atoms with Gasteiger partial charge in [-0.05, 0) is 43.2 Å². The predicted octanol–water partition coefficient (Wildman–Crippen LogP) is 3.05. The number of hydrazone groups is 1. The largest absolute Gasteiger partial charge is 0.504 e. The Kier molecular flexibility index (Phi) is 6.79. The number of phenols is 1. The third-order valence-corrected chi connectivity index (χ3v) is 3.57. The van der Waals surface area contributed by atoms with Crippen LogP contribution in [0.15, 0.2) is 60.2 Å². The van der Waals surface area contributed by atoms with Crippen molar-refractivity contribution in [2.24, 2.45) is 5.10 Å². The first kappa shape index (κ1) is 19.1. The molecule has 2 rings (SSSR count). The molecule has 0 aromatic heterocycles. The maximum Gasteiger partial charge on any atom is 0.280 e. The summed E-state index contributed by atoms with van der Waals surface area (Å²) in [4.78, 5) is 12.1. The van der Waals surface area contributed by atoms with Crippen molar-refractivity contribution in [3.63, 3.8) is 0 Å². The zero-order chi connectivity index (χ0) is 18.9. The molecule has 0 aliphatic rings. The number of amides is 1. The fourth-order valence-corrected chi connectivity index (χ4v) is 2.25. The summed E-state index contributed by atoms with van der Waals surface area (Å²) in [6.45, 7) is 5.31. The van der Waals surface area contributed by atoms with Crippen molar-refractivity contribution in [3.05, 3.63) is 66.2 Å². The maximum atomic E-state index is 12.1. The summed E-state index contributed by atoms with van der Waals surface area (Å²) >= 11 is 0. The molecule has 2 N–H and O–H groups in total. The van der Waals surface area contributed by atoms with Crippen molar-refractivity contribution in [1.29, 1.82) is 0 Å². The van der Waals surface area contributed by atoms with E-state index in [-0.39, 0.29) is 11.7 Å². The van der Waals surface area contributed by atoms with Crippen molar-refractivity contribution in [3.8, 4) is 17.2 Å². The molecule has 0 saturated heterocycles. The average molecular weight is 354 g/mol. The van der Waals surface area contributed by atoms with Gasteiger partial charge in [-0.2, -0.15) is 5.10 Å². The lowest BCUT2D eigenvalue weighted by atomic mass is 10.1. The molecule has 136 valence electrons. The summed E-state index contributed by atoms with van der Waals surface area (Å²) in [6, 6.07) is 12.5. The van der Waals surface area contributed by atoms with Crippen LogP contribution in [0.5, 0.6) is 17.2 Å².